The summed E-state index contributed by atoms with van der Waals surface area (Å²) in [7, 11) is 0. The van der Waals surface area contributed by atoms with Crippen LogP contribution in [0.15, 0.2) is 22.7 Å². The summed E-state index contributed by atoms with van der Waals surface area (Å²) in [6, 6.07) is 5.06. The van der Waals surface area contributed by atoms with Crippen LogP contribution in [0.5, 0.6) is 0 Å². The molecule has 1 rings (SSSR count). The van der Waals surface area contributed by atoms with Crippen molar-refractivity contribution in [3.8, 4) is 11.8 Å². The molecule has 0 amide bonds. The third-order valence-corrected chi connectivity index (χ3v) is 2.25. The number of nitrogens with one attached hydrogen (secondary N) is 1. The summed E-state index contributed by atoms with van der Waals surface area (Å²) in [5.74, 6) is 4.59. The van der Waals surface area contributed by atoms with Crippen molar-refractivity contribution in [1.82, 2.24) is 0 Å². The number of hydrogen-bond donors (Lipinski definition) is 2. The summed E-state index contributed by atoms with van der Waals surface area (Å²) < 4.78 is 0.743. The Kier molecular flexibility index (Phi) is 4.19. The molecule has 0 unspecified atom stereocenters. The minimum absolute atomic E-state index is 0.238. The maximum Gasteiger partial charge on any atom is 0.337 e. The molecule has 0 saturated heterocycles. The highest BCUT2D eigenvalue weighted by Crippen LogP contribution is 2.20. The van der Waals surface area contributed by atoms with Gasteiger partial charge in [0.15, 0.2) is 0 Å². The van der Waals surface area contributed by atoms with Gasteiger partial charge in [0.1, 0.15) is 0 Å². The predicted octanol–water partition coefficient (Wildman–Crippen LogP) is 2.58. The zero-order chi connectivity index (χ0) is 11.3. The summed E-state index contributed by atoms with van der Waals surface area (Å²) in [5, 5.41) is 11.9. The Morgan fingerprint density at radius 2 is 2.33 bits per heavy atom. The highest BCUT2D eigenvalue weighted by atomic mass is 79.9. The van der Waals surface area contributed by atoms with Gasteiger partial charge in [0, 0.05) is 10.2 Å². The number of halogens is 1. The summed E-state index contributed by atoms with van der Waals surface area (Å²) in [5.41, 5.74) is 0.815. The van der Waals surface area contributed by atoms with Gasteiger partial charge in [-0.3, -0.25) is 0 Å². The fourth-order valence-corrected chi connectivity index (χ4v) is 1.44. The molecule has 0 aliphatic rings. The summed E-state index contributed by atoms with van der Waals surface area (Å²) in [6.45, 7) is 2.18. The smallest absolute Gasteiger partial charge is 0.337 e. The summed E-state index contributed by atoms with van der Waals surface area (Å²) >= 11 is 3.23. The molecule has 15 heavy (non-hydrogen) atoms. The van der Waals surface area contributed by atoms with Gasteiger partial charge in [0.05, 0.1) is 12.1 Å². The molecular formula is C11H10BrNO2. The van der Waals surface area contributed by atoms with Crippen molar-refractivity contribution in [2.24, 2.45) is 0 Å². The fourth-order valence-electron chi connectivity index (χ4n) is 1.08. The zero-order valence-corrected chi connectivity index (χ0v) is 9.76. The lowest BCUT2D eigenvalue weighted by atomic mass is 10.2. The number of aromatic carboxylic acids is 1. The molecule has 4 heteroatoms. The van der Waals surface area contributed by atoms with Crippen molar-refractivity contribution in [3.63, 3.8) is 0 Å². The second-order valence-electron chi connectivity index (χ2n) is 2.78. The molecule has 0 radical (unpaired) electrons. The lowest BCUT2D eigenvalue weighted by Gasteiger charge is -2.06. The Morgan fingerprint density at radius 1 is 1.60 bits per heavy atom. The SMILES string of the molecule is CC#CCNc1ccc(Br)cc1C(=O)O. The Morgan fingerprint density at radius 3 is 2.93 bits per heavy atom. The number of carbonyl (C=O) groups is 1. The van der Waals surface area contributed by atoms with Crippen LogP contribution in [0.4, 0.5) is 5.69 Å². The maximum absolute atomic E-state index is 10.9. The molecule has 0 bridgehead atoms. The standard InChI is InChI=1S/C11H10BrNO2/c1-2-3-6-13-10-5-4-8(12)7-9(10)11(14)15/h4-5,7,13H,6H2,1H3,(H,14,15). The van der Waals surface area contributed by atoms with Gasteiger partial charge in [-0.2, -0.15) is 0 Å². The van der Waals surface area contributed by atoms with E-state index in [1.165, 1.54) is 0 Å². The second-order valence-corrected chi connectivity index (χ2v) is 3.69. The van der Waals surface area contributed by atoms with E-state index in [9.17, 15) is 4.79 Å². The molecule has 78 valence electrons. The van der Waals surface area contributed by atoms with Crippen molar-refractivity contribution in [2.45, 2.75) is 6.92 Å². The van der Waals surface area contributed by atoms with Gasteiger partial charge in [0.25, 0.3) is 0 Å². The molecule has 2 N–H and O–H groups in total. The lowest BCUT2D eigenvalue weighted by Crippen LogP contribution is -2.06. The lowest BCUT2D eigenvalue weighted by molar-refractivity contribution is 0.0698. The third kappa shape index (κ3) is 3.30. The number of benzene rings is 1. The molecule has 0 fully saturated rings. The van der Waals surface area contributed by atoms with Crippen LogP contribution in [0.1, 0.15) is 17.3 Å². The van der Waals surface area contributed by atoms with Gasteiger partial charge in [-0.05, 0) is 25.1 Å². The second kappa shape index (κ2) is 5.42. The van der Waals surface area contributed by atoms with E-state index in [4.69, 9.17) is 5.11 Å². The van der Waals surface area contributed by atoms with Crippen LogP contribution in [0.2, 0.25) is 0 Å². The van der Waals surface area contributed by atoms with E-state index in [0.29, 0.717) is 12.2 Å². The normalized spacial score (nSPS) is 8.93. The van der Waals surface area contributed by atoms with Crippen LogP contribution in [-0.2, 0) is 0 Å². The monoisotopic (exact) mass is 267 g/mol. The molecule has 0 spiro atoms. The Hall–Kier alpha value is -1.47. The Bertz CT molecular complexity index is 432. The van der Waals surface area contributed by atoms with Gasteiger partial charge in [-0.25, -0.2) is 4.79 Å². The van der Waals surface area contributed by atoms with E-state index < -0.39 is 5.97 Å². The molecule has 3 nitrogen and oxygen atoms in total. The first-order chi connectivity index (χ1) is 7.15. The van der Waals surface area contributed by atoms with E-state index in [0.717, 1.165) is 4.47 Å². The molecule has 0 atom stereocenters. The van der Waals surface area contributed by atoms with Gasteiger partial charge in [0.2, 0.25) is 0 Å². The van der Waals surface area contributed by atoms with Crippen molar-refractivity contribution in [1.29, 1.82) is 0 Å². The van der Waals surface area contributed by atoms with E-state index in [1.54, 1.807) is 25.1 Å². The van der Waals surface area contributed by atoms with Crippen molar-refractivity contribution < 1.29 is 9.90 Å². The van der Waals surface area contributed by atoms with Gasteiger partial charge < -0.3 is 10.4 Å². The molecule has 1 aromatic rings. The number of hydrogen-bond acceptors (Lipinski definition) is 2. The van der Waals surface area contributed by atoms with Gasteiger partial charge >= 0.3 is 5.97 Å². The third-order valence-electron chi connectivity index (χ3n) is 1.76. The minimum atomic E-state index is -0.955. The topological polar surface area (TPSA) is 49.3 Å². The van der Waals surface area contributed by atoms with Crippen LogP contribution >= 0.6 is 15.9 Å². The molecule has 0 saturated carbocycles. The quantitative estimate of drug-likeness (QED) is 0.828. The minimum Gasteiger partial charge on any atom is -0.478 e. The van der Waals surface area contributed by atoms with Crippen LogP contribution in [0.3, 0.4) is 0 Å². The average Bonchev–Trinajstić information content (AvgIpc) is 2.20. The number of anilines is 1. The molecular weight excluding hydrogens is 258 g/mol. The number of carboxylic acid groups (broad SMARTS) is 1. The highest BCUT2D eigenvalue weighted by Gasteiger charge is 2.09. The average molecular weight is 268 g/mol. The molecule has 0 aliphatic carbocycles. The predicted molar refractivity (Wildman–Crippen MR) is 63.0 cm³/mol. The van der Waals surface area contributed by atoms with E-state index in [1.807, 2.05) is 0 Å². The van der Waals surface area contributed by atoms with Gasteiger partial charge in [-0.1, -0.05) is 21.9 Å². The molecule has 0 heterocycles. The maximum atomic E-state index is 10.9. The van der Waals surface area contributed by atoms with Crippen molar-refractivity contribution in [2.75, 3.05) is 11.9 Å². The van der Waals surface area contributed by atoms with Crippen LogP contribution < -0.4 is 5.32 Å². The molecule has 0 aliphatic heterocycles. The van der Waals surface area contributed by atoms with E-state index in [-0.39, 0.29) is 5.56 Å². The fraction of sp³-hybridized carbons (Fsp3) is 0.182. The largest absolute Gasteiger partial charge is 0.478 e. The first-order valence-electron chi connectivity index (χ1n) is 4.31. The molecule has 0 aromatic heterocycles. The van der Waals surface area contributed by atoms with E-state index in [2.05, 4.69) is 33.1 Å². The summed E-state index contributed by atoms with van der Waals surface area (Å²) in [4.78, 5) is 10.9. The van der Waals surface area contributed by atoms with Crippen molar-refractivity contribution >= 4 is 27.6 Å². The highest BCUT2D eigenvalue weighted by molar-refractivity contribution is 9.10. The van der Waals surface area contributed by atoms with Crippen LogP contribution in [0, 0.1) is 11.8 Å². The number of rotatable bonds is 3. The summed E-state index contributed by atoms with van der Waals surface area (Å²) in [6.07, 6.45) is 0. The first kappa shape index (κ1) is 11.6. The number of carboxylic acids is 1. The van der Waals surface area contributed by atoms with Gasteiger partial charge in [-0.15, -0.1) is 5.92 Å². The van der Waals surface area contributed by atoms with Crippen LogP contribution in [0.25, 0.3) is 0 Å². The Labute approximate surface area is 96.6 Å². The molecule has 1 aromatic carbocycles. The van der Waals surface area contributed by atoms with E-state index >= 15 is 0 Å². The Balaban J connectivity index is 2.94. The zero-order valence-electron chi connectivity index (χ0n) is 8.17. The van der Waals surface area contributed by atoms with Crippen molar-refractivity contribution in [3.05, 3.63) is 28.2 Å². The van der Waals surface area contributed by atoms with Crippen LogP contribution in [-0.4, -0.2) is 17.6 Å². The first-order valence-corrected chi connectivity index (χ1v) is 5.10.